The van der Waals surface area contributed by atoms with Gasteiger partial charge < -0.3 is 14.8 Å². The Labute approximate surface area is 192 Å². The van der Waals surface area contributed by atoms with E-state index in [1.54, 1.807) is 59.7 Å². The van der Waals surface area contributed by atoms with Gasteiger partial charge in [-0.3, -0.25) is 9.59 Å². The van der Waals surface area contributed by atoms with Gasteiger partial charge in [0.25, 0.3) is 0 Å². The summed E-state index contributed by atoms with van der Waals surface area (Å²) in [4.78, 5) is 33.7. The molecule has 7 nitrogen and oxygen atoms in total. The van der Waals surface area contributed by atoms with Crippen LogP contribution in [0.15, 0.2) is 42.7 Å². The molecule has 0 radical (unpaired) electrons. The molecule has 0 aliphatic carbocycles. The molecule has 32 heavy (non-hydrogen) atoms. The number of nitrogens with one attached hydrogen (secondary N) is 1. The Hall–Kier alpha value is -3.19. The first-order valence-corrected chi connectivity index (χ1v) is 10.5. The number of hydrogen-bond acceptors (Lipinski definition) is 7. The topological polar surface area (TPSA) is 90.4 Å². The van der Waals surface area contributed by atoms with Gasteiger partial charge in [-0.15, -0.1) is 0 Å². The third kappa shape index (κ3) is 5.34. The number of carbonyl (C=O) groups excluding carboxylic acids is 2. The highest BCUT2D eigenvalue weighted by Crippen LogP contribution is 2.37. The number of nitrogens with zero attached hydrogens (tertiary/aromatic N) is 2. The fourth-order valence-corrected chi connectivity index (χ4v) is 2.70. The summed E-state index contributed by atoms with van der Waals surface area (Å²) in [5.41, 5.74) is -0.345. The summed E-state index contributed by atoms with van der Waals surface area (Å²) in [5.74, 6) is -0.259. The van der Waals surface area contributed by atoms with Crippen LogP contribution >= 0.6 is 11.6 Å². The fourth-order valence-electron chi connectivity index (χ4n) is 2.52. The normalized spacial score (nSPS) is 11.8. The molecule has 168 valence electrons. The highest BCUT2D eigenvalue weighted by molar-refractivity contribution is 6.33. The van der Waals surface area contributed by atoms with Crippen molar-refractivity contribution in [2.75, 3.05) is 5.32 Å². The predicted molar refractivity (Wildman–Crippen MR) is 124 cm³/mol. The van der Waals surface area contributed by atoms with Crippen LogP contribution in [0.1, 0.15) is 41.5 Å². The standard InChI is InChI=1S/C24H26ClN3O4/c1-23(2,3)21(29)31-18-11-14-17(12-19(18)32-22(30)24(4,5)6)26-13-27-20(14)28-16-10-8-7-9-15(16)25/h7-13H,1-6H3,(H,26,27,28). The van der Waals surface area contributed by atoms with Crippen LogP contribution in [0.3, 0.4) is 0 Å². The summed E-state index contributed by atoms with van der Waals surface area (Å²) in [6.07, 6.45) is 1.39. The largest absolute Gasteiger partial charge is 0.422 e. The lowest BCUT2D eigenvalue weighted by molar-refractivity contribution is -0.145. The van der Waals surface area contributed by atoms with Gasteiger partial charge in [-0.25, -0.2) is 9.97 Å². The minimum absolute atomic E-state index is 0.104. The highest BCUT2D eigenvalue weighted by atomic mass is 35.5. The minimum Gasteiger partial charge on any atom is -0.422 e. The molecule has 2 aromatic carbocycles. The SMILES string of the molecule is CC(C)(C)C(=O)Oc1cc2ncnc(Nc3ccccc3Cl)c2cc1OC(=O)C(C)(C)C. The van der Waals surface area contributed by atoms with Crippen LogP contribution in [0.2, 0.25) is 5.02 Å². The van der Waals surface area contributed by atoms with Crippen LogP contribution in [0.5, 0.6) is 11.5 Å². The second-order valence-corrected chi connectivity index (χ2v) is 9.83. The molecule has 1 N–H and O–H groups in total. The van der Waals surface area contributed by atoms with Gasteiger partial charge in [-0.2, -0.15) is 0 Å². The van der Waals surface area contributed by atoms with Crippen LogP contribution in [0.25, 0.3) is 10.9 Å². The molecule has 0 spiro atoms. The molecule has 0 amide bonds. The van der Waals surface area contributed by atoms with Crippen molar-refractivity contribution in [1.29, 1.82) is 0 Å². The van der Waals surface area contributed by atoms with E-state index in [1.807, 2.05) is 18.2 Å². The minimum atomic E-state index is -0.758. The molecule has 1 aromatic heterocycles. The summed E-state index contributed by atoms with van der Waals surface area (Å²) < 4.78 is 11.2. The highest BCUT2D eigenvalue weighted by Gasteiger charge is 2.29. The maximum Gasteiger partial charge on any atom is 0.316 e. The second kappa shape index (κ2) is 8.74. The number of anilines is 2. The number of carbonyl (C=O) groups is 2. The number of hydrogen-bond donors (Lipinski definition) is 1. The van der Waals surface area contributed by atoms with Crippen LogP contribution in [-0.4, -0.2) is 21.9 Å². The molecule has 1 heterocycles. The monoisotopic (exact) mass is 455 g/mol. The van der Waals surface area contributed by atoms with E-state index in [2.05, 4.69) is 15.3 Å². The molecular weight excluding hydrogens is 430 g/mol. The van der Waals surface area contributed by atoms with Gasteiger partial charge in [0, 0.05) is 11.5 Å². The zero-order chi connectivity index (χ0) is 23.7. The van der Waals surface area contributed by atoms with E-state index < -0.39 is 22.8 Å². The Balaban J connectivity index is 2.12. The van der Waals surface area contributed by atoms with E-state index in [9.17, 15) is 9.59 Å². The van der Waals surface area contributed by atoms with Crippen LogP contribution in [-0.2, 0) is 9.59 Å². The van der Waals surface area contributed by atoms with Gasteiger partial charge in [-0.05, 0) is 59.7 Å². The van der Waals surface area contributed by atoms with E-state index in [1.165, 1.54) is 6.33 Å². The Morgan fingerprint density at radius 1 is 0.875 bits per heavy atom. The summed E-state index contributed by atoms with van der Waals surface area (Å²) in [6.45, 7) is 10.4. The van der Waals surface area contributed by atoms with Crippen molar-refractivity contribution in [3.05, 3.63) is 47.7 Å². The van der Waals surface area contributed by atoms with Gasteiger partial charge in [0.2, 0.25) is 0 Å². The van der Waals surface area contributed by atoms with Crippen LogP contribution in [0, 0.1) is 10.8 Å². The molecule has 0 unspecified atom stereocenters. The zero-order valence-electron chi connectivity index (χ0n) is 18.9. The number of esters is 2. The lowest BCUT2D eigenvalue weighted by Crippen LogP contribution is -2.28. The number of benzene rings is 2. The first kappa shape index (κ1) is 23.5. The molecule has 0 saturated carbocycles. The smallest absolute Gasteiger partial charge is 0.316 e. The van der Waals surface area contributed by atoms with Crippen molar-refractivity contribution in [3.8, 4) is 11.5 Å². The van der Waals surface area contributed by atoms with Gasteiger partial charge in [0.15, 0.2) is 11.5 Å². The first-order chi connectivity index (χ1) is 14.9. The van der Waals surface area contributed by atoms with Gasteiger partial charge >= 0.3 is 11.9 Å². The van der Waals surface area contributed by atoms with Gasteiger partial charge in [0.1, 0.15) is 12.1 Å². The van der Waals surface area contributed by atoms with E-state index in [-0.39, 0.29) is 11.5 Å². The Morgan fingerprint density at radius 2 is 1.44 bits per heavy atom. The molecule has 0 fully saturated rings. The van der Waals surface area contributed by atoms with Gasteiger partial charge in [-0.1, -0.05) is 23.7 Å². The molecule has 8 heteroatoms. The molecule has 3 aromatic rings. The van der Waals surface area contributed by atoms with Crippen molar-refractivity contribution >= 4 is 45.9 Å². The Bertz CT molecular complexity index is 1180. The zero-order valence-corrected chi connectivity index (χ0v) is 19.7. The number of halogens is 1. The molecule has 0 atom stereocenters. The Kier molecular flexibility index (Phi) is 6.41. The number of ether oxygens (including phenoxy) is 2. The quantitative estimate of drug-likeness (QED) is 0.385. The molecule has 0 aliphatic heterocycles. The fraction of sp³-hybridized carbons (Fsp3) is 0.333. The van der Waals surface area contributed by atoms with Crippen molar-refractivity contribution in [2.24, 2.45) is 10.8 Å². The van der Waals surface area contributed by atoms with Crippen molar-refractivity contribution in [3.63, 3.8) is 0 Å². The van der Waals surface area contributed by atoms with E-state index in [0.29, 0.717) is 27.4 Å². The van der Waals surface area contributed by atoms with E-state index >= 15 is 0 Å². The molecule has 3 rings (SSSR count). The number of fused-ring (bicyclic) bond motifs is 1. The number of para-hydroxylation sites is 1. The summed E-state index contributed by atoms with van der Waals surface area (Å²) >= 11 is 6.27. The maximum absolute atomic E-state index is 12.6. The van der Waals surface area contributed by atoms with Crippen molar-refractivity contribution in [1.82, 2.24) is 9.97 Å². The number of rotatable bonds is 4. The summed E-state index contributed by atoms with van der Waals surface area (Å²) in [5, 5.41) is 4.27. The van der Waals surface area contributed by atoms with Crippen LogP contribution in [0.4, 0.5) is 11.5 Å². The molecule has 0 bridgehead atoms. The average molecular weight is 456 g/mol. The van der Waals surface area contributed by atoms with E-state index in [4.69, 9.17) is 21.1 Å². The molecule has 0 saturated heterocycles. The van der Waals surface area contributed by atoms with E-state index in [0.717, 1.165) is 0 Å². The third-order valence-corrected chi connectivity index (χ3v) is 4.79. The van der Waals surface area contributed by atoms with Crippen LogP contribution < -0.4 is 14.8 Å². The lowest BCUT2D eigenvalue weighted by Gasteiger charge is -2.21. The molecular formula is C24H26ClN3O4. The Morgan fingerprint density at radius 3 is 2.00 bits per heavy atom. The van der Waals surface area contributed by atoms with Crippen molar-refractivity contribution in [2.45, 2.75) is 41.5 Å². The molecule has 0 aliphatic rings. The predicted octanol–water partition coefficient (Wildman–Crippen LogP) is 5.93. The maximum atomic E-state index is 12.6. The lowest BCUT2D eigenvalue weighted by atomic mass is 9.97. The summed E-state index contributed by atoms with van der Waals surface area (Å²) in [6, 6.07) is 10.4. The first-order valence-electron chi connectivity index (χ1n) is 10.1. The van der Waals surface area contributed by atoms with Crippen molar-refractivity contribution < 1.29 is 19.1 Å². The van der Waals surface area contributed by atoms with Gasteiger partial charge in [0.05, 0.1) is 27.1 Å². The number of aromatic nitrogens is 2. The second-order valence-electron chi connectivity index (χ2n) is 9.42. The average Bonchev–Trinajstić information content (AvgIpc) is 2.69. The third-order valence-electron chi connectivity index (χ3n) is 4.46. The summed E-state index contributed by atoms with van der Waals surface area (Å²) in [7, 11) is 0.